The molecule has 1 heterocycles. The Morgan fingerprint density at radius 3 is 2.43 bits per heavy atom. The van der Waals surface area contributed by atoms with E-state index in [1.807, 2.05) is 17.9 Å². The minimum Gasteiger partial charge on any atom is -0.491 e. The molecule has 0 amide bonds. The van der Waals surface area contributed by atoms with Gasteiger partial charge in [-0.15, -0.1) is 0 Å². The van der Waals surface area contributed by atoms with Crippen LogP contribution in [0.5, 0.6) is 5.75 Å². The van der Waals surface area contributed by atoms with Crippen molar-refractivity contribution < 1.29 is 19.0 Å². The molecule has 1 atom stereocenters. The monoisotopic (exact) mass is 386 g/mol. The van der Waals surface area contributed by atoms with Crippen LogP contribution in [0, 0.1) is 5.82 Å². The molecule has 1 unspecified atom stereocenters. The number of carbonyl (C=O) groups is 1. The molecule has 28 heavy (non-hydrogen) atoms. The van der Waals surface area contributed by atoms with Crippen LogP contribution in [-0.4, -0.2) is 61.2 Å². The molecular formula is C22H27FN2O3. The molecule has 1 fully saturated rings. The smallest absolute Gasteiger partial charge is 0.162 e. The van der Waals surface area contributed by atoms with Gasteiger partial charge >= 0.3 is 0 Å². The van der Waals surface area contributed by atoms with Crippen molar-refractivity contribution in [1.82, 2.24) is 4.90 Å². The summed E-state index contributed by atoms with van der Waals surface area (Å²) < 4.78 is 19.5. The molecule has 150 valence electrons. The third kappa shape index (κ3) is 5.30. The van der Waals surface area contributed by atoms with Gasteiger partial charge in [0.1, 0.15) is 24.3 Å². The van der Waals surface area contributed by atoms with Crippen molar-refractivity contribution in [3.05, 3.63) is 59.9 Å². The molecule has 5 nitrogen and oxygen atoms in total. The predicted octanol–water partition coefficient (Wildman–Crippen LogP) is 2.98. The van der Waals surface area contributed by atoms with Gasteiger partial charge in [-0.3, -0.25) is 9.69 Å². The van der Waals surface area contributed by atoms with Crippen molar-refractivity contribution >= 4 is 11.5 Å². The van der Waals surface area contributed by atoms with E-state index >= 15 is 0 Å². The van der Waals surface area contributed by atoms with Crippen LogP contribution in [0.2, 0.25) is 0 Å². The van der Waals surface area contributed by atoms with Gasteiger partial charge in [-0.2, -0.15) is 0 Å². The first-order valence-corrected chi connectivity index (χ1v) is 9.72. The van der Waals surface area contributed by atoms with E-state index in [0.29, 0.717) is 30.0 Å². The Morgan fingerprint density at radius 1 is 1.11 bits per heavy atom. The van der Waals surface area contributed by atoms with Gasteiger partial charge in [-0.25, -0.2) is 4.39 Å². The van der Waals surface area contributed by atoms with Gasteiger partial charge in [-0.05, 0) is 36.4 Å². The molecule has 0 saturated carbocycles. The second-order valence-corrected chi connectivity index (χ2v) is 7.01. The third-order valence-electron chi connectivity index (χ3n) is 4.97. The second-order valence-electron chi connectivity index (χ2n) is 7.01. The zero-order valence-electron chi connectivity index (χ0n) is 16.2. The molecule has 0 bridgehead atoms. The first kappa shape index (κ1) is 20.3. The van der Waals surface area contributed by atoms with E-state index in [4.69, 9.17) is 4.74 Å². The van der Waals surface area contributed by atoms with Crippen LogP contribution in [0.15, 0.2) is 48.5 Å². The molecule has 2 aromatic rings. The van der Waals surface area contributed by atoms with Crippen LogP contribution < -0.4 is 9.64 Å². The van der Waals surface area contributed by atoms with E-state index in [-0.39, 0.29) is 18.2 Å². The van der Waals surface area contributed by atoms with E-state index in [1.54, 1.807) is 36.4 Å². The van der Waals surface area contributed by atoms with Gasteiger partial charge < -0.3 is 14.7 Å². The molecule has 0 spiro atoms. The van der Waals surface area contributed by atoms with Gasteiger partial charge in [0.2, 0.25) is 0 Å². The zero-order valence-corrected chi connectivity index (χ0v) is 16.2. The fourth-order valence-corrected chi connectivity index (χ4v) is 3.36. The minimum absolute atomic E-state index is 0.0983. The van der Waals surface area contributed by atoms with Crippen LogP contribution in [0.3, 0.4) is 0 Å². The lowest BCUT2D eigenvalue weighted by Crippen LogP contribution is -2.49. The Bertz CT molecular complexity index is 774. The average Bonchev–Trinajstić information content (AvgIpc) is 2.73. The maximum Gasteiger partial charge on any atom is 0.162 e. The van der Waals surface area contributed by atoms with Gasteiger partial charge in [0, 0.05) is 44.7 Å². The minimum atomic E-state index is -0.614. The first-order chi connectivity index (χ1) is 13.6. The highest BCUT2D eigenvalue weighted by Crippen LogP contribution is 2.20. The zero-order chi connectivity index (χ0) is 19.9. The molecule has 2 aromatic carbocycles. The number of carbonyl (C=O) groups excluding carboxylic acids is 1. The Balaban J connectivity index is 1.41. The maximum absolute atomic E-state index is 13.9. The van der Waals surface area contributed by atoms with Gasteiger partial charge in [-0.1, -0.05) is 19.1 Å². The molecule has 1 saturated heterocycles. The Hall–Kier alpha value is -2.44. The van der Waals surface area contributed by atoms with E-state index < -0.39 is 6.10 Å². The third-order valence-corrected chi connectivity index (χ3v) is 4.97. The van der Waals surface area contributed by atoms with Crippen molar-refractivity contribution in [2.45, 2.75) is 19.4 Å². The average molecular weight is 386 g/mol. The van der Waals surface area contributed by atoms with Crippen LogP contribution in [0.1, 0.15) is 23.7 Å². The molecule has 0 aromatic heterocycles. The highest BCUT2D eigenvalue weighted by Gasteiger charge is 2.21. The maximum atomic E-state index is 13.9. The Labute approximate surface area is 165 Å². The second kappa shape index (κ2) is 9.66. The van der Waals surface area contributed by atoms with Crippen LogP contribution >= 0.6 is 0 Å². The van der Waals surface area contributed by atoms with Crippen molar-refractivity contribution in [1.29, 1.82) is 0 Å². The van der Waals surface area contributed by atoms with Crippen molar-refractivity contribution in [3.8, 4) is 5.75 Å². The lowest BCUT2D eigenvalue weighted by Gasteiger charge is -2.36. The van der Waals surface area contributed by atoms with Gasteiger partial charge in [0.25, 0.3) is 0 Å². The largest absolute Gasteiger partial charge is 0.491 e. The van der Waals surface area contributed by atoms with E-state index in [2.05, 4.69) is 4.90 Å². The van der Waals surface area contributed by atoms with Gasteiger partial charge in [0.15, 0.2) is 5.78 Å². The molecule has 3 rings (SSSR count). The summed E-state index contributed by atoms with van der Waals surface area (Å²) in [6.07, 6.45) is -0.139. The van der Waals surface area contributed by atoms with Crippen LogP contribution in [-0.2, 0) is 0 Å². The van der Waals surface area contributed by atoms with E-state index in [0.717, 1.165) is 26.2 Å². The molecule has 0 aliphatic carbocycles. The normalized spacial score (nSPS) is 16.0. The fraction of sp³-hybridized carbons (Fsp3) is 0.409. The number of Topliss-reactive ketones (excluding diaryl/α,β-unsaturated/α-hetero) is 1. The number of para-hydroxylation sites is 1. The van der Waals surface area contributed by atoms with Gasteiger partial charge in [0.05, 0.1) is 5.69 Å². The van der Waals surface area contributed by atoms with Crippen LogP contribution in [0.4, 0.5) is 10.1 Å². The predicted molar refractivity (Wildman–Crippen MR) is 108 cm³/mol. The number of aliphatic hydroxyl groups excluding tert-OH is 1. The summed E-state index contributed by atoms with van der Waals surface area (Å²) in [5.41, 5.74) is 1.30. The molecule has 1 N–H and O–H groups in total. The number of hydrogen-bond acceptors (Lipinski definition) is 5. The quantitative estimate of drug-likeness (QED) is 0.707. The molecule has 1 aliphatic rings. The number of piperazine rings is 1. The number of ether oxygens (including phenoxy) is 1. The highest BCUT2D eigenvalue weighted by molar-refractivity contribution is 5.95. The molecule has 6 heteroatoms. The molecule has 1 aliphatic heterocycles. The first-order valence-electron chi connectivity index (χ1n) is 9.72. The van der Waals surface area contributed by atoms with Crippen molar-refractivity contribution in [3.63, 3.8) is 0 Å². The summed E-state index contributed by atoms with van der Waals surface area (Å²) in [6.45, 7) is 5.51. The van der Waals surface area contributed by atoms with Crippen LogP contribution in [0.25, 0.3) is 0 Å². The number of aliphatic hydroxyl groups is 1. The van der Waals surface area contributed by atoms with Crippen molar-refractivity contribution in [2.75, 3.05) is 44.2 Å². The molecule has 0 radical (unpaired) electrons. The number of anilines is 1. The number of benzene rings is 2. The van der Waals surface area contributed by atoms with E-state index in [9.17, 15) is 14.3 Å². The van der Waals surface area contributed by atoms with E-state index in [1.165, 1.54) is 6.07 Å². The number of β-amino-alcohol motifs (C(OH)–C–C–N with tert-alkyl or cyclic N) is 1. The fourth-order valence-electron chi connectivity index (χ4n) is 3.36. The summed E-state index contributed by atoms with van der Waals surface area (Å²) in [4.78, 5) is 15.8. The Morgan fingerprint density at radius 2 is 1.79 bits per heavy atom. The molecular weight excluding hydrogens is 359 g/mol. The summed E-state index contributed by atoms with van der Waals surface area (Å²) in [5, 5.41) is 10.3. The number of nitrogens with zero attached hydrogens (tertiary/aromatic N) is 2. The Kier molecular flexibility index (Phi) is 7.01. The highest BCUT2D eigenvalue weighted by atomic mass is 19.1. The SMILES string of the molecule is CCC(=O)c1ccc(OCC(O)CN2CCN(c3ccccc3F)CC2)cc1. The number of halogens is 1. The van der Waals surface area contributed by atoms with Crippen molar-refractivity contribution in [2.24, 2.45) is 0 Å². The number of ketones is 1. The lowest BCUT2D eigenvalue weighted by atomic mass is 10.1. The topological polar surface area (TPSA) is 53.0 Å². The number of rotatable bonds is 8. The summed E-state index contributed by atoms with van der Waals surface area (Å²) in [6, 6.07) is 13.8. The summed E-state index contributed by atoms with van der Waals surface area (Å²) in [7, 11) is 0. The number of hydrogen-bond donors (Lipinski definition) is 1. The standard InChI is InChI=1S/C22H27FN2O3/c1-2-22(27)17-7-9-19(10-8-17)28-16-18(26)15-24-11-13-25(14-12-24)21-6-4-3-5-20(21)23/h3-10,18,26H,2,11-16H2,1H3. The summed E-state index contributed by atoms with van der Waals surface area (Å²) in [5.74, 6) is 0.535. The lowest BCUT2D eigenvalue weighted by molar-refractivity contribution is 0.0662. The summed E-state index contributed by atoms with van der Waals surface area (Å²) >= 11 is 0.